The van der Waals surface area contributed by atoms with Crippen molar-refractivity contribution < 1.29 is 18.8 Å². The van der Waals surface area contributed by atoms with Crippen LogP contribution >= 0.6 is 0 Å². The quantitative estimate of drug-likeness (QED) is 0.605. The van der Waals surface area contributed by atoms with E-state index in [4.69, 9.17) is 4.74 Å². The molecule has 0 aromatic heterocycles. The van der Waals surface area contributed by atoms with Gasteiger partial charge in [0.2, 0.25) is 0 Å². The minimum atomic E-state index is -0.884. The Bertz CT molecular complexity index is 582. The lowest BCUT2D eigenvalue weighted by Gasteiger charge is -2.15. The van der Waals surface area contributed by atoms with Crippen molar-refractivity contribution in [1.29, 1.82) is 0 Å². The number of hydrogen-bond acceptors (Lipinski definition) is 5. The van der Waals surface area contributed by atoms with Crippen molar-refractivity contribution in [3.05, 3.63) is 39.7 Å². The average Bonchev–Trinajstić information content (AvgIpc) is 2.98. The number of methoxy groups -OCH3 is 1. The number of halogens is 1. The topological polar surface area (TPSA) is 84.7 Å². The number of nitrogens with zero attached hydrogens (tertiary/aromatic N) is 2. The maximum atomic E-state index is 13.8. The highest BCUT2D eigenvalue weighted by Gasteiger charge is 2.23. The van der Waals surface area contributed by atoms with Gasteiger partial charge in [-0.15, -0.1) is 0 Å². The number of ether oxygens (including phenoxy) is 1. The van der Waals surface area contributed by atoms with Gasteiger partial charge in [-0.2, -0.15) is 0 Å². The van der Waals surface area contributed by atoms with Crippen LogP contribution in [0.1, 0.15) is 16.8 Å². The van der Waals surface area contributed by atoms with Crippen molar-refractivity contribution in [1.82, 2.24) is 10.2 Å². The largest absolute Gasteiger partial charge is 0.383 e. The third-order valence-corrected chi connectivity index (χ3v) is 3.94. The predicted molar refractivity (Wildman–Crippen MR) is 81.8 cm³/mol. The zero-order valence-electron chi connectivity index (χ0n) is 13.0. The first-order valence-electron chi connectivity index (χ1n) is 7.44. The molecule has 0 saturated carbocycles. The molecular weight excluding hydrogens is 305 g/mol. The number of rotatable bonds is 7. The number of benzene rings is 1. The summed E-state index contributed by atoms with van der Waals surface area (Å²) in [6.45, 7) is 3.81. The molecule has 126 valence electrons. The molecule has 1 atom stereocenters. The van der Waals surface area contributed by atoms with Crippen LogP contribution in [0.15, 0.2) is 18.2 Å². The van der Waals surface area contributed by atoms with Crippen molar-refractivity contribution in [3.63, 3.8) is 0 Å². The van der Waals surface area contributed by atoms with Crippen molar-refractivity contribution >= 4 is 11.6 Å². The summed E-state index contributed by atoms with van der Waals surface area (Å²) >= 11 is 0. The lowest BCUT2D eigenvalue weighted by molar-refractivity contribution is -0.385. The highest BCUT2D eigenvalue weighted by molar-refractivity contribution is 5.94. The maximum absolute atomic E-state index is 13.8. The highest BCUT2D eigenvalue weighted by Crippen LogP contribution is 2.18. The van der Waals surface area contributed by atoms with E-state index in [0.29, 0.717) is 19.1 Å². The molecule has 0 bridgehead atoms. The molecule has 8 heteroatoms. The molecule has 7 nitrogen and oxygen atoms in total. The number of likely N-dealkylation sites (tertiary alicyclic amines) is 1. The Balaban J connectivity index is 1.85. The minimum Gasteiger partial charge on any atom is -0.383 e. The zero-order chi connectivity index (χ0) is 16.8. The van der Waals surface area contributed by atoms with E-state index in [1.54, 1.807) is 7.11 Å². The SMILES string of the molecule is COCCN1CCC(CNC(=O)c2ccc([N+](=O)[O-])cc2F)C1. The molecule has 1 amide bonds. The predicted octanol–water partition coefficient (Wildman–Crippen LogP) is 1.43. The number of nitro benzene ring substituents is 1. The summed E-state index contributed by atoms with van der Waals surface area (Å²) in [6, 6.07) is 3.03. The second-order valence-electron chi connectivity index (χ2n) is 5.58. The average molecular weight is 325 g/mol. The van der Waals surface area contributed by atoms with Crippen LogP contribution in [0.3, 0.4) is 0 Å². The lowest BCUT2D eigenvalue weighted by Crippen LogP contribution is -2.32. The van der Waals surface area contributed by atoms with Crippen LogP contribution in [0, 0.1) is 21.8 Å². The number of carbonyl (C=O) groups is 1. The van der Waals surface area contributed by atoms with Gasteiger partial charge in [-0.3, -0.25) is 14.9 Å². The molecule has 1 aliphatic heterocycles. The fourth-order valence-corrected chi connectivity index (χ4v) is 2.64. The first-order valence-corrected chi connectivity index (χ1v) is 7.44. The third-order valence-electron chi connectivity index (χ3n) is 3.94. The Kier molecular flexibility index (Phi) is 6.00. The number of carbonyl (C=O) groups excluding carboxylic acids is 1. The first kappa shape index (κ1) is 17.3. The molecular formula is C15H20FN3O4. The molecule has 23 heavy (non-hydrogen) atoms. The van der Waals surface area contributed by atoms with Crippen molar-refractivity contribution in [2.45, 2.75) is 6.42 Å². The second-order valence-corrected chi connectivity index (χ2v) is 5.58. The molecule has 0 aliphatic carbocycles. The van der Waals surface area contributed by atoms with E-state index in [9.17, 15) is 19.3 Å². The molecule has 1 aromatic rings. The molecule has 0 radical (unpaired) electrons. The normalized spacial score (nSPS) is 18.1. The zero-order valence-corrected chi connectivity index (χ0v) is 13.0. The molecule has 1 fully saturated rings. The number of non-ortho nitro benzene ring substituents is 1. The summed E-state index contributed by atoms with van der Waals surface area (Å²) in [4.78, 5) is 24.1. The number of hydrogen-bond donors (Lipinski definition) is 1. The molecule has 1 heterocycles. The molecule has 1 aromatic carbocycles. The standard InChI is InChI=1S/C15H20FN3O4/c1-23-7-6-18-5-4-11(10-18)9-17-15(20)13-3-2-12(19(21)22)8-14(13)16/h2-3,8,11H,4-7,9-10H2,1H3,(H,17,20). The van der Waals surface area contributed by atoms with E-state index in [2.05, 4.69) is 10.2 Å². The number of amides is 1. The Morgan fingerprint density at radius 2 is 2.35 bits per heavy atom. The van der Waals surface area contributed by atoms with Gasteiger partial charge in [0.05, 0.1) is 23.2 Å². The van der Waals surface area contributed by atoms with Gasteiger partial charge in [0.25, 0.3) is 11.6 Å². The van der Waals surface area contributed by atoms with Crippen LogP contribution < -0.4 is 5.32 Å². The summed E-state index contributed by atoms with van der Waals surface area (Å²) in [5, 5.41) is 13.3. The van der Waals surface area contributed by atoms with Gasteiger partial charge in [0.1, 0.15) is 5.82 Å². The van der Waals surface area contributed by atoms with Crippen LogP contribution in [0.2, 0.25) is 0 Å². The van der Waals surface area contributed by atoms with Gasteiger partial charge in [-0.25, -0.2) is 4.39 Å². The maximum Gasteiger partial charge on any atom is 0.272 e. The van der Waals surface area contributed by atoms with E-state index in [0.717, 1.165) is 44.3 Å². The third kappa shape index (κ3) is 4.70. The summed E-state index contributed by atoms with van der Waals surface area (Å²) in [5.74, 6) is -1.12. The van der Waals surface area contributed by atoms with Crippen molar-refractivity contribution in [2.24, 2.45) is 5.92 Å². The second kappa shape index (κ2) is 7.98. The van der Waals surface area contributed by atoms with Gasteiger partial charge >= 0.3 is 0 Å². The highest BCUT2D eigenvalue weighted by atomic mass is 19.1. The Labute approximate surface area is 133 Å². The Morgan fingerprint density at radius 1 is 1.57 bits per heavy atom. The van der Waals surface area contributed by atoms with Gasteiger partial charge in [0.15, 0.2) is 0 Å². The number of nitro groups is 1. The van der Waals surface area contributed by atoms with E-state index >= 15 is 0 Å². The van der Waals surface area contributed by atoms with Crippen LogP contribution in [0.5, 0.6) is 0 Å². The summed E-state index contributed by atoms with van der Waals surface area (Å²) in [6.07, 6.45) is 0.965. The van der Waals surface area contributed by atoms with E-state index < -0.39 is 16.6 Å². The Morgan fingerprint density at radius 3 is 3.00 bits per heavy atom. The van der Waals surface area contributed by atoms with E-state index in [1.165, 1.54) is 0 Å². The lowest BCUT2D eigenvalue weighted by atomic mass is 10.1. The van der Waals surface area contributed by atoms with Crippen molar-refractivity contribution in [2.75, 3.05) is 39.9 Å². The molecule has 1 N–H and O–H groups in total. The first-order chi connectivity index (χ1) is 11.0. The Hall–Kier alpha value is -2.06. The van der Waals surface area contributed by atoms with E-state index in [1.807, 2.05) is 0 Å². The summed E-state index contributed by atoms with van der Waals surface area (Å²) < 4.78 is 18.8. The van der Waals surface area contributed by atoms with Crippen molar-refractivity contribution in [3.8, 4) is 0 Å². The van der Waals surface area contributed by atoms with Crippen LogP contribution in [0.25, 0.3) is 0 Å². The molecule has 2 rings (SSSR count). The van der Waals surface area contributed by atoms with Crippen LogP contribution in [-0.2, 0) is 4.74 Å². The van der Waals surface area contributed by atoms with Gasteiger partial charge in [-0.1, -0.05) is 0 Å². The monoisotopic (exact) mass is 325 g/mol. The van der Waals surface area contributed by atoms with Crippen LogP contribution in [-0.4, -0.2) is 55.6 Å². The molecule has 1 aliphatic rings. The minimum absolute atomic E-state index is 0.176. The molecule has 1 unspecified atom stereocenters. The molecule has 0 spiro atoms. The number of nitrogens with one attached hydrogen (secondary N) is 1. The summed E-state index contributed by atoms with van der Waals surface area (Å²) in [7, 11) is 1.66. The molecule has 1 saturated heterocycles. The fourth-order valence-electron chi connectivity index (χ4n) is 2.64. The van der Waals surface area contributed by atoms with Crippen LogP contribution in [0.4, 0.5) is 10.1 Å². The fraction of sp³-hybridized carbons (Fsp3) is 0.533. The van der Waals surface area contributed by atoms with Gasteiger partial charge in [0, 0.05) is 32.8 Å². The van der Waals surface area contributed by atoms with Gasteiger partial charge < -0.3 is 15.0 Å². The smallest absolute Gasteiger partial charge is 0.272 e. The van der Waals surface area contributed by atoms with Gasteiger partial charge in [-0.05, 0) is 24.9 Å². The summed E-state index contributed by atoms with van der Waals surface area (Å²) in [5.41, 5.74) is -0.548. The van der Waals surface area contributed by atoms with E-state index in [-0.39, 0.29) is 11.3 Å².